The Morgan fingerprint density at radius 2 is 2.30 bits per heavy atom. The zero-order valence-corrected chi connectivity index (χ0v) is 12.2. The van der Waals surface area contributed by atoms with Crippen molar-refractivity contribution in [2.75, 3.05) is 32.2 Å². The molecule has 1 aliphatic rings. The number of ether oxygens (including phenoxy) is 2. The van der Waals surface area contributed by atoms with E-state index in [9.17, 15) is 4.79 Å². The number of anilines is 1. The van der Waals surface area contributed by atoms with Gasteiger partial charge in [-0.05, 0) is 18.1 Å². The number of nitrogens with one attached hydrogen (secondary N) is 1. The number of hydrogen-bond donors (Lipinski definition) is 1. The fourth-order valence-corrected chi connectivity index (χ4v) is 2.75. The molecule has 1 N–H and O–H groups in total. The SMILES string of the molecule is COCC(C)(CC=O)c1ccccc1NC1CCOC1. The van der Waals surface area contributed by atoms with Crippen molar-refractivity contribution in [3.05, 3.63) is 29.8 Å². The molecule has 2 rings (SSSR count). The second-order valence-electron chi connectivity index (χ2n) is 5.61. The second-order valence-corrected chi connectivity index (χ2v) is 5.61. The van der Waals surface area contributed by atoms with E-state index in [0.29, 0.717) is 19.1 Å². The van der Waals surface area contributed by atoms with Crippen molar-refractivity contribution in [1.82, 2.24) is 0 Å². The molecule has 0 bridgehead atoms. The van der Waals surface area contributed by atoms with E-state index in [1.807, 2.05) is 12.1 Å². The van der Waals surface area contributed by atoms with Crippen molar-refractivity contribution < 1.29 is 14.3 Å². The second kappa shape index (κ2) is 6.86. The summed E-state index contributed by atoms with van der Waals surface area (Å²) in [5.41, 5.74) is 1.89. The molecular weight excluding hydrogens is 254 g/mol. The van der Waals surface area contributed by atoms with Crippen LogP contribution < -0.4 is 5.32 Å². The van der Waals surface area contributed by atoms with Gasteiger partial charge in [-0.25, -0.2) is 0 Å². The van der Waals surface area contributed by atoms with Crippen LogP contribution in [0.2, 0.25) is 0 Å². The molecule has 0 radical (unpaired) electrons. The number of para-hydroxylation sites is 1. The Bertz CT molecular complexity index is 443. The first kappa shape index (κ1) is 15.0. The monoisotopic (exact) mass is 277 g/mol. The van der Waals surface area contributed by atoms with Crippen molar-refractivity contribution in [3.63, 3.8) is 0 Å². The maximum atomic E-state index is 11.0. The molecule has 1 aliphatic heterocycles. The lowest BCUT2D eigenvalue weighted by Crippen LogP contribution is -2.31. The summed E-state index contributed by atoms with van der Waals surface area (Å²) in [5.74, 6) is 0. The molecule has 0 amide bonds. The van der Waals surface area contributed by atoms with Crippen LogP contribution in [0.4, 0.5) is 5.69 Å². The molecule has 2 atom stereocenters. The van der Waals surface area contributed by atoms with Gasteiger partial charge < -0.3 is 19.6 Å². The van der Waals surface area contributed by atoms with Gasteiger partial charge in [-0.2, -0.15) is 0 Å². The van der Waals surface area contributed by atoms with E-state index in [4.69, 9.17) is 9.47 Å². The summed E-state index contributed by atoms with van der Waals surface area (Å²) in [6, 6.07) is 8.49. The number of benzene rings is 1. The maximum Gasteiger partial charge on any atom is 0.120 e. The summed E-state index contributed by atoms with van der Waals surface area (Å²) >= 11 is 0. The summed E-state index contributed by atoms with van der Waals surface area (Å²) in [6.45, 7) is 4.13. The predicted octanol–water partition coefficient (Wildman–Crippen LogP) is 2.38. The minimum Gasteiger partial charge on any atom is -0.384 e. The Kier molecular flexibility index (Phi) is 5.15. The van der Waals surface area contributed by atoms with Crippen LogP contribution in [-0.4, -0.2) is 39.3 Å². The van der Waals surface area contributed by atoms with E-state index in [0.717, 1.165) is 37.2 Å². The normalized spacial score (nSPS) is 21.4. The van der Waals surface area contributed by atoms with Gasteiger partial charge in [-0.3, -0.25) is 0 Å². The minimum atomic E-state index is -0.306. The number of carbonyl (C=O) groups excluding carboxylic acids is 1. The average Bonchev–Trinajstić information content (AvgIpc) is 2.93. The molecule has 1 saturated heterocycles. The van der Waals surface area contributed by atoms with E-state index in [1.165, 1.54) is 0 Å². The molecule has 1 aromatic carbocycles. The molecule has 110 valence electrons. The number of rotatable bonds is 7. The third kappa shape index (κ3) is 3.38. The lowest BCUT2D eigenvalue weighted by molar-refractivity contribution is -0.109. The molecule has 1 fully saturated rings. The summed E-state index contributed by atoms with van der Waals surface area (Å²) in [7, 11) is 1.67. The van der Waals surface area contributed by atoms with Crippen LogP contribution in [-0.2, 0) is 19.7 Å². The molecule has 0 aliphatic carbocycles. The van der Waals surface area contributed by atoms with Gasteiger partial charge in [0.15, 0.2) is 0 Å². The van der Waals surface area contributed by atoms with Crippen LogP contribution in [0.1, 0.15) is 25.3 Å². The van der Waals surface area contributed by atoms with E-state index in [-0.39, 0.29) is 5.41 Å². The highest BCUT2D eigenvalue weighted by molar-refractivity contribution is 5.60. The fourth-order valence-electron chi connectivity index (χ4n) is 2.75. The maximum absolute atomic E-state index is 11.0. The highest BCUT2D eigenvalue weighted by Crippen LogP contribution is 2.33. The van der Waals surface area contributed by atoms with Crippen LogP contribution in [0.25, 0.3) is 0 Å². The zero-order chi connectivity index (χ0) is 14.4. The summed E-state index contributed by atoms with van der Waals surface area (Å²) in [4.78, 5) is 11.0. The van der Waals surface area contributed by atoms with Crippen LogP contribution >= 0.6 is 0 Å². The van der Waals surface area contributed by atoms with Crippen LogP contribution in [0, 0.1) is 0 Å². The quantitative estimate of drug-likeness (QED) is 0.777. The van der Waals surface area contributed by atoms with Gasteiger partial charge in [0, 0.05) is 31.2 Å². The van der Waals surface area contributed by atoms with Crippen molar-refractivity contribution in [2.24, 2.45) is 0 Å². The lowest BCUT2D eigenvalue weighted by Gasteiger charge is -2.30. The van der Waals surface area contributed by atoms with Crippen molar-refractivity contribution in [2.45, 2.75) is 31.2 Å². The fraction of sp³-hybridized carbons (Fsp3) is 0.562. The molecule has 2 unspecified atom stereocenters. The first-order valence-electron chi connectivity index (χ1n) is 7.06. The van der Waals surface area contributed by atoms with Gasteiger partial charge in [-0.1, -0.05) is 25.1 Å². The average molecular weight is 277 g/mol. The van der Waals surface area contributed by atoms with E-state index in [1.54, 1.807) is 7.11 Å². The highest BCUT2D eigenvalue weighted by Gasteiger charge is 2.29. The molecule has 20 heavy (non-hydrogen) atoms. The first-order valence-corrected chi connectivity index (χ1v) is 7.06. The van der Waals surface area contributed by atoms with Crippen LogP contribution in [0.5, 0.6) is 0 Å². The van der Waals surface area contributed by atoms with Gasteiger partial charge in [0.1, 0.15) is 6.29 Å². The third-order valence-corrected chi connectivity index (χ3v) is 3.86. The van der Waals surface area contributed by atoms with Crippen LogP contribution in [0.3, 0.4) is 0 Å². The Labute approximate surface area is 120 Å². The molecule has 1 aromatic rings. The Morgan fingerprint density at radius 3 is 2.95 bits per heavy atom. The van der Waals surface area contributed by atoms with Gasteiger partial charge in [0.2, 0.25) is 0 Å². The van der Waals surface area contributed by atoms with Crippen molar-refractivity contribution >= 4 is 12.0 Å². The standard InChI is InChI=1S/C16H23NO3/c1-16(8-9-18,12-19-2)14-5-3-4-6-15(14)17-13-7-10-20-11-13/h3-6,9,13,17H,7-8,10-12H2,1-2H3. The van der Waals surface area contributed by atoms with E-state index in [2.05, 4.69) is 24.4 Å². The highest BCUT2D eigenvalue weighted by atomic mass is 16.5. The van der Waals surface area contributed by atoms with Gasteiger partial charge >= 0.3 is 0 Å². The summed E-state index contributed by atoms with van der Waals surface area (Å²) in [6.07, 6.45) is 2.43. The number of aldehydes is 1. The number of carbonyl (C=O) groups is 1. The van der Waals surface area contributed by atoms with E-state index >= 15 is 0 Å². The molecule has 4 nitrogen and oxygen atoms in total. The summed E-state index contributed by atoms with van der Waals surface area (Å²) < 4.78 is 10.7. The smallest absolute Gasteiger partial charge is 0.120 e. The Hall–Kier alpha value is -1.39. The minimum absolute atomic E-state index is 0.306. The first-order chi connectivity index (χ1) is 9.69. The number of hydrogen-bond acceptors (Lipinski definition) is 4. The van der Waals surface area contributed by atoms with Gasteiger partial charge in [-0.15, -0.1) is 0 Å². The Morgan fingerprint density at radius 1 is 1.50 bits per heavy atom. The van der Waals surface area contributed by atoms with E-state index < -0.39 is 0 Å². The largest absolute Gasteiger partial charge is 0.384 e. The van der Waals surface area contributed by atoms with Crippen molar-refractivity contribution in [3.8, 4) is 0 Å². The van der Waals surface area contributed by atoms with Crippen LogP contribution in [0.15, 0.2) is 24.3 Å². The molecule has 0 spiro atoms. The molecule has 4 heteroatoms. The zero-order valence-electron chi connectivity index (χ0n) is 12.2. The Balaban J connectivity index is 2.26. The lowest BCUT2D eigenvalue weighted by atomic mass is 9.79. The summed E-state index contributed by atoms with van der Waals surface area (Å²) in [5, 5.41) is 3.54. The molecular formula is C16H23NO3. The molecule has 0 aromatic heterocycles. The van der Waals surface area contributed by atoms with Gasteiger partial charge in [0.25, 0.3) is 0 Å². The number of methoxy groups -OCH3 is 1. The van der Waals surface area contributed by atoms with Crippen molar-refractivity contribution in [1.29, 1.82) is 0 Å². The molecule has 1 heterocycles. The topological polar surface area (TPSA) is 47.6 Å². The third-order valence-electron chi connectivity index (χ3n) is 3.86. The predicted molar refractivity (Wildman–Crippen MR) is 79.2 cm³/mol. The molecule has 0 saturated carbocycles. The van der Waals surface area contributed by atoms with Gasteiger partial charge in [0.05, 0.1) is 19.3 Å².